The Balaban J connectivity index is 1.83. The van der Waals surface area contributed by atoms with Gasteiger partial charge in [-0.05, 0) is 17.7 Å². The number of fused-ring (bicyclic) bond motifs is 2. The summed E-state index contributed by atoms with van der Waals surface area (Å²) in [5.41, 5.74) is 3.06. The van der Waals surface area contributed by atoms with Gasteiger partial charge in [0, 0.05) is 17.5 Å². The van der Waals surface area contributed by atoms with Crippen LogP contribution in [0.15, 0.2) is 36.4 Å². The van der Waals surface area contributed by atoms with Crippen molar-refractivity contribution in [2.45, 2.75) is 12.5 Å². The summed E-state index contributed by atoms with van der Waals surface area (Å²) in [5, 5.41) is 13.0. The summed E-state index contributed by atoms with van der Waals surface area (Å²) in [5.74, 6) is 1.15. The van der Waals surface area contributed by atoms with Crippen molar-refractivity contribution in [1.82, 2.24) is 5.32 Å². The van der Waals surface area contributed by atoms with E-state index >= 15 is 0 Å². The van der Waals surface area contributed by atoms with E-state index in [1.54, 1.807) is 0 Å². The molecule has 0 saturated carbocycles. The number of ether oxygens (including phenoxy) is 2. The van der Waals surface area contributed by atoms with Gasteiger partial charge in [-0.2, -0.15) is 0 Å². The maximum absolute atomic E-state index is 12.2. The summed E-state index contributed by atoms with van der Waals surface area (Å²) in [7, 11) is 0. The van der Waals surface area contributed by atoms with Gasteiger partial charge in [0.15, 0.2) is 0 Å². The molecule has 2 aromatic carbocycles. The molecule has 4 rings (SSSR count). The molecule has 5 heteroatoms. The van der Waals surface area contributed by atoms with E-state index in [4.69, 9.17) is 9.47 Å². The van der Waals surface area contributed by atoms with Crippen molar-refractivity contribution in [2.75, 3.05) is 19.8 Å². The molecule has 1 amide bonds. The molecule has 0 spiro atoms. The molecule has 0 aromatic heterocycles. The lowest BCUT2D eigenvalue weighted by molar-refractivity contribution is 0.0957. The zero-order valence-corrected chi connectivity index (χ0v) is 12.5. The highest BCUT2D eigenvalue weighted by molar-refractivity contribution is 5.98. The third kappa shape index (κ3) is 2.43. The first-order chi connectivity index (χ1) is 11.2. The highest BCUT2D eigenvalue weighted by Crippen LogP contribution is 2.41. The van der Waals surface area contributed by atoms with Crippen molar-refractivity contribution >= 4 is 5.91 Å². The Morgan fingerprint density at radius 2 is 2.00 bits per heavy atom. The largest absolute Gasteiger partial charge is 0.492 e. The molecule has 0 unspecified atom stereocenters. The quantitative estimate of drug-likeness (QED) is 0.848. The van der Waals surface area contributed by atoms with E-state index in [0.717, 1.165) is 16.7 Å². The first-order valence-electron chi connectivity index (χ1n) is 7.73. The van der Waals surface area contributed by atoms with E-state index in [-0.39, 0.29) is 5.91 Å². The SMILES string of the molecule is O=C1NCCOc2ccc(-c3cccc4c3OCC[C@@H]4O)cc21. The topological polar surface area (TPSA) is 67.8 Å². The molecule has 0 fully saturated rings. The van der Waals surface area contributed by atoms with Crippen LogP contribution in [-0.4, -0.2) is 30.8 Å². The fourth-order valence-corrected chi connectivity index (χ4v) is 3.06. The fourth-order valence-electron chi connectivity index (χ4n) is 3.06. The van der Waals surface area contributed by atoms with Crippen LogP contribution in [0.4, 0.5) is 0 Å². The van der Waals surface area contributed by atoms with Crippen LogP contribution in [0.25, 0.3) is 11.1 Å². The number of amides is 1. The van der Waals surface area contributed by atoms with E-state index < -0.39 is 6.10 Å². The number of rotatable bonds is 1. The van der Waals surface area contributed by atoms with E-state index in [1.807, 2.05) is 36.4 Å². The number of aliphatic hydroxyl groups is 1. The molecule has 0 bridgehead atoms. The summed E-state index contributed by atoms with van der Waals surface area (Å²) in [6, 6.07) is 11.3. The molecule has 0 saturated heterocycles. The van der Waals surface area contributed by atoms with E-state index in [9.17, 15) is 9.90 Å². The van der Waals surface area contributed by atoms with Crippen LogP contribution < -0.4 is 14.8 Å². The van der Waals surface area contributed by atoms with Crippen molar-refractivity contribution in [3.63, 3.8) is 0 Å². The van der Waals surface area contributed by atoms with Gasteiger partial charge in [-0.3, -0.25) is 4.79 Å². The number of aliphatic hydroxyl groups excluding tert-OH is 1. The van der Waals surface area contributed by atoms with Gasteiger partial charge < -0.3 is 19.9 Å². The minimum Gasteiger partial charge on any atom is -0.492 e. The van der Waals surface area contributed by atoms with Crippen molar-refractivity contribution in [1.29, 1.82) is 0 Å². The normalized spacial score (nSPS) is 19.5. The lowest BCUT2D eigenvalue weighted by Gasteiger charge is -2.24. The minimum absolute atomic E-state index is 0.134. The van der Waals surface area contributed by atoms with Gasteiger partial charge in [0.05, 0.1) is 24.8 Å². The minimum atomic E-state index is -0.508. The molecule has 2 aliphatic heterocycles. The third-order valence-electron chi connectivity index (χ3n) is 4.22. The molecule has 2 aliphatic rings. The molecule has 118 valence electrons. The van der Waals surface area contributed by atoms with Gasteiger partial charge >= 0.3 is 0 Å². The first kappa shape index (κ1) is 14.1. The maximum atomic E-state index is 12.2. The molecule has 5 nitrogen and oxygen atoms in total. The number of hydrogen-bond acceptors (Lipinski definition) is 4. The average Bonchev–Trinajstić information content (AvgIpc) is 2.76. The molecule has 2 N–H and O–H groups in total. The number of carbonyl (C=O) groups is 1. The van der Waals surface area contributed by atoms with Crippen LogP contribution in [0.3, 0.4) is 0 Å². The van der Waals surface area contributed by atoms with E-state index in [0.29, 0.717) is 43.2 Å². The highest BCUT2D eigenvalue weighted by Gasteiger charge is 2.23. The Bertz CT molecular complexity index is 772. The Morgan fingerprint density at radius 1 is 1.09 bits per heavy atom. The van der Waals surface area contributed by atoms with Crippen LogP contribution in [-0.2, 0) is 0 Å². The molecular weight excluding hydrogens is 294 g/mol. The molecule has 2 heterocycles. The standard InChI is InChI=1S/C18H17NO4/c20-15-6-8-23-17-12(2-1-3-13(15)17)11-4-5-16-14(10-11)18(21)19-7-9-22-16/h1-5,10,15,20H,6-9H2,(H,19,21)/t15-/m0/s1. The van der Waals surface area contributed by atoms with Crippen molar-refractivity contribution in [3.05, 3.63) is 47.5 Å². The van der Waals surface area contributed by atoms with Crippen molar-refractivity contribution in [2.24, 2.45) is 0 Å². The molecular formula is C18H17NO4. The molecule has 2 aromatic rings. The highest BCUT2D eigenvalue weighted by atomic mass is 16.5. The second-order valence-electron chi connectivity index (χ2n) is 5.69. The van der Waals surface area contributed by atoms with Crippen molar-refractivity contribution < 1.29 is 19.4 Å². The maximum Gasteiger partial charge on any atom is 0.255 e. The fraction of sp³-hybridized carbons (Fsp3) is 0.278. The lowest BCUT2D eigenvalue weighted by Crippen LogP contribution is -2.24. The number of hydrogen-bond donors (Lipinski definition) is 2. The zero-order valence-electron chi connectivity index (χ0n) is 12.5. The van der Waals surface area contributed by atoms with Crippen LogP contribution in [0.1, 0.15) is 28.4 Å². The predicted octanol–water partition coefficient (Wildman–Crippen LogP) is 2.29. The van der Waals surface area contributed by atoms with Crippen LogP contribution in [0.5, 0.6) is 11.5 Å². The number of para-hydroxylation sites is 1. The Kier molecular flexibility index (Phi) is 3.42. The smallest absolute Gasteiger partial charge is 0.255 e. The molecule has 0 aliphatic carbocycles. The van der Waals surface area contributed by atoms with Crippen LogP contribution >= 0.6 is 0 Å². The monoisotopic (exact) mass is 311 g/mol. The van der Waals surface area contributed by atoms with Gasteiger partial charge in [-0.1, -0.05) is 24.3 Å². The van der Waals surface area contributed by atoms with Crippen LogP contribution in [0.2, 0.25) is 0 Å². The zero-order chi connectivity index (χ0) is 15.8. The van der Waals surface area contributed by atoms with E-state index in [2.05, 4.69) is 5.32 Å². The Labute approximate surface area is 133 Å². The number of nitrogens with one attached hydrogen (secondary N) is 1. The second-order valence-corrected chi connectivity index (χ2v) is 5.69. The summed E-state index contributed by atoms with van der Waals surface area (Å²) in [4.78, 5) is 12.2. The Morgan fingerprint density at radius 3 is 2.91 bits per heavy atom. The summed E-state index contributed by atoms with van der Waals surface area (Å²) in [6.45, 7) is 1.45. The summed E-state index contributed by atoms with van der Waals surface area (Å²) < 4.78 is 11.4. The third-order valence-corrected chi connectivity index (χ3v) is 4.22. The van der Waals surface area contributed by atoms with Gasteiger partial charge in [0.2, 0.25) is 0 Å². The molecule has 23 heavy (non-hydrogen) atoms. The second kappa shape index (κ2) is 5.59. The lowest BCUT2D eigenvalue weighted by atomic mass is 9.95. The number of carbonyl (C=O) groups excluding carboxylic acids is 1. The summed E-state index contributed by atoms with van der Waals surface area (Å²) >= 11 is 0. The summed E-state index contributed by atoms with van der Waals surface area (Å²) in [6.07, 6.45) is 0.0859. The Hall–Kier alpha value is -2.53. The van der Waals surface area contributed by atoms with E-state index in [1.165, 1.54) is 0 Å². The van der Waals surface area contributed by atoms with Crippen LogP contribution in [0, 0.1) is 0 Å². The average molecular weight is 311 g/mol. The first-order valence-corrected chi connectivity index (χ1v) is 7.73. The van der Waals surface area contributed by atoms with Gasteiger partial charge in [0.25, 0.3) is 5.91 Å². The number of benzene rings is 2. The van der Waals surface area contributed by atoms with Gasteiger partial charge in [-0.15, -0.1) is 0 Å². The molecule has 1 atom stereocenters. The predicted molar refractivity (Wildman–Crippen MR) is 84.8 cm³/mol. The van der Waals surface area contributed by atoms with Crippen molar-refractivity contribution in [3.8, 4) is 22.6 Å². The van der Waals surface area contributed by atoms with Gasteiger partial charge in [-0.25, -0.2) is 0 Å². The molecule has 0 radical (unpaired) electrons. The van der Waals surface area contributed by atoms with Gasteiger partial charge in [0.1, 0.15) is 18.1 Å².